The van der Waals surface area contributed by atoms with Crippen molar-refractivity contribution in [2.24, 2.45) is 0 Å². The number of carbonyl (C=O) groups is 3. The van der Waals surface area contributed by atoms with Gasteiger partial charge in [0.25, 0.3) is 5.91 Å². The van der Waals surface area contributed by atoms with E-state index in [4.69, 9.17) is 0 Å². The first kappa shape index (κ1) is 23.7. The summed E-state index contributed by atoms with van der Waals surface area (Å²) < 4.78 is 0. The Balaban J connectivity index is 1.30. The highest BCUT2D eigenvalue weighted by molar-refractivity contribution is 6.02. The normalized spacial score (nSPS) is 12.4. The maximum atomic E-state index is 12.6. The van der Waals surface area contributed by atoms with Crippen molar-refractivity contribution in [3.63, 3.8) is 0 Å². The zero-order valence-corrected chi connectivity index (χ0v) is 19.6. The highest BCUT2D eigenvalue weighted by Gasteiger charge is 2.21. The maximum absolute atomic E-state index is 12.6. The Morgan fingerprint density at radius 1 is 0.600 bits per heavy atom. The Bertz CT molecular complexity index is 1350. The second-order valence-corrected chi connectivity index (χ2v) is 8.42. The molecule has 0 aromatic heterocycles. The second kappa shape index (κ2) is 10.7. The number of rotatable bonds is 7. The average molecular weight is 466 g/mol. The molecule has 0 bridgehead atoms. The van der Waals surface area contributed by atoms with E-state index in [-0.39, 0.29) is 11.8 Å². The van der Waals surface area contributed by atoms with Crippen molar-refractivity contribution in [1.29, 1.82) is 0 Å². The van der Waals surface area contributed by atoms with Crippen LogP contribution in [0.1, 0.15) is 24.2 Å². The fraction of sp³-hybridized carbons (Fsp3) is 0.138. The molecule has 4 rings (SSSR count). The number of hydrogen-bond acceptors (Lipinski definition) is 3. The van der Waals surface area contributed by atoms with Crippen LogP contribution in [0.2, 0.25) is 0 Å². The van der Waals surface area contributed by atoms with Crippen LogP contribution in [0.25, 0.3) is 21.9 Å². The lowest BCUT2D eigenvalue weighted by atomic mass is 10.1. The smallest absolute Gasteiger partial charge is 0.251 e. The van der Waals surface area contributed by atoms with Gasteiger partial charge >= 0.3 is 0 Å². The van der Waals surface area contributed by atoms with E-state index in [1.165, 1.54) is 0 Å². The molecular weight excluding hydrogens is 438 g/mol. The molecule has 4 aromatic rings. The summed E-state index contributed by atoms with van der Waals surface area (Å²) in [6, 6.07) is 29.0. The summed E-state index contributed by atoms with van der Waals surface area (Å²) in [6.45, 7) is 3.19. The van der Waals surface area contributed by atoms with Crippen molar-refractivity contribution in [2.45, 2.75) is 25.9 Å². The summed E-state index contributed by atoms with van der Waals surface area (Å²) in [6.07, 6.45) is 0. The van der Waals surface area contributed by atoms with Crippen LogP contribution in [0.3, 0.4) is 0 Å². The molecule has 0 fully saturated rings. The first-order valence-electron chi connectivity index (χ1n) is 11.5. The summed E-state index contributed by atoms with van der Waals surface area (Å²) in [5, 5.41) is 10.1. The molecule has 35 heavy (non-hydrogen) atoms. The SMILES string of the molecule is C[C@H](NC(=O)c1ccc2ccccc2c1)C(=O)N[C@@H](C)C(=O)Nc1ccc(-c2ccccc2)cc1. The molecule has 0 radical (unpaired) electrons. The molecule has 3 N–H and O–H groups in total. The van der Waals surface area contributed by atoms with Crippen LogP contribution in [0.15, 0.2) is 97.1 Å². The van der Waals surface area contributed by atoms with Gasteiger partial charge < -0.3 is 16.0 Å². The largest absolute Gasteiger partial charge is 0.343 e. The highest BCUT2D eigenvalue weighted by atomic mass is 16.2. The van der Waals surface area contributed by atoms with E-state index in [1.807, 2.05) is 84.9 Å². The lowest BCUT2D eigenvalue weighted by Crippen LogP contribution is -2.50. The van der Waals surface area contributed by atoms with Crippen molar-refractivity contribution < 1.29 is 14.4 Å². The summed E-state index contributed by atoms with van der Waals surface area (Å²) in [5.74, 6) is -1.14. The zero-order valence-electron chi connectivity index (χ0n) is 19.6. The van der Waals surface area contributed by atoms with Gasteiger partial charge in [-0.3, -0.25) is 14.4 Å². The highest BCUT2D eigenvalue weighted by Crippen LogP contribution is 2.21. The Hall–Kier alpha value is -4.45. The molecule has 0 unspecified atom stereocenters. The molecule has 176 valence electrons. The minimum Gasteiger partial charge on any atom is -0.343 e. The van der Waals surface area contributed by atoms with Crippen LogP contribution in [-0.2, 0) is 9.59 Å². The predicted molar refractivity (Wildman–Crippen MR) is 139 cm³/mol. The van der Waals surface area contributed by atoms with Crippen LogP contribution in [0, 0.1) is 0 Å². The molecule has 3 amide bonds. The zero-order chi connectivity index (χ0) is 24.8. The van der Waals surface area contributed by atoms with Gasteiger partial charge in [0.15, 0.2) is 0 Å². The van der Waals surface area contributed by atoms with Gasteiger partial charge in [-0.1, -0.05) is 72.8 Å². The number of benzene rings is 4. The fourth-order valence-electron chi connectivity index (χ4n) is 3.71. The van der Waals surface area contributed by atoms with E-state index in [9.17, 15) is 14.4 Å². The third-order valence-corrected chi connectivity index (χ3v) is 5.76. The number of anilines is 1. The summed E-state index contributed by atoms with van der Waals surface area (Å²) in [7, 11) is 0. The average Bonchev–Trinajstić information content (AvgIpc) is 2.89. The third kappa shape index (κ3) is 5.92. The van der Waals surface area contributed by atoms with E-state index >= 15 is 0 Å². The van der Waals surface area contributed by atoms with Crippen molar-refractivity contribution in [2.75, 3.05) is 5.32 Å². The van der Waals surface area contributed by atoms with Gasteiger partial charge in [0.05, 0.1) is 0 Å². The van der Waals surface area contributed by atoms with Gasteiger partial charge in [0.2, 0.25) is 11.8 Å². The van der Waals surface area contributed by atoms with E-state index < -0.39 is 18.0 Å². The second-order valence-electron chi connectivity index (χ2n) is 8.42. The third-order valence-electron chi connectivity index (χ3n) is 5.76. The molecule has 0 aliphatic heterocycles. The first-order chi connectivity index (χ1) is 16.9. The quantitative estimate of drug-likeness (QED) is 0.367. The van der Waals surface area contributed by atoms with E-state index in [0.717, 1.165) is 21.9 Å². The van der Waals surface area contributed by atoms with Crippen molar-refractivity contribution in [3.05, 3.63) is 103 Å². The molecule has 0 aliphatic rings. The van der Waals surface area contributed by atoms with Crippen LogP contribution in [0.5, 0.6) is 0 Å². The van der Waals surface area contributed by atoms with E-state index in [2.05, 4.69) is 16.0 Å². The van der Waals surface area contributed by atoms with Crippen molar-refractivity contribution in [3.8, 4) is 11.1 Å². The monoisotopic (exact) mass is 465 g/mol. The Kier molecular flexibility index (Phi) is 7.21. The number of amides is 3. The lowest BCUT2D eigenvalue weighted by Gasteiger charge is -2.18. The maximum Gasteiger partial charge on any atom is 0.251 e. The van der Waals surface area contributed by atoms with Gasteiger partial charge in [-0.2, -0.15) is 0 Å². The molecule has 2 atom stereocenters. The number of nitrogens with one attached hydrogen (secondary N) is 3. The molecule has 0 saturated carbocycles. The number of carbonyl (C=O) groups excluding carboxylic acids is 3. The summed E-state index contributed by atoms with van der Waals surface area (Å²) in [5.41, 5.74) is 3.23. The first-order valence-corrected chi connectivity index (χ1v) is 11.5. The minimum absolute atomic E-state index is 0.348. The molecule has 6 nitrogen and oxygen atoms in total. The molecule has 0 saturated heterocycles. The minimum atomic E-state index is -0.811. The summed E-state index contributed by atoms with van der Waals surface area (Å²) in [4.78, 5) is 37.8. The van der Waals surface area contributed by atoms with Crippen LogP contribution < -0.4 is 16.0 Å². The van der Waals surface area contributed by atoms with Gasteiger partial charge in [-0.25, -0.2) is 0 Å². The van der Waals surface area contributed by atoms with E-state index in [0.29, 0.717) is 11.3 Å². The molecule has 6 heteroatoms. The van der Waals surface area contributed by atoms with Gasteiger partial charge in [-0.05, 0) is 60.0 Å². The fourth-order valence-corrected chi connectivity index (χ4v) is 3.71. The standard InChI is InChI=1S/C29H27N3O3/c1-19(31-29(35)25-13-12-22-10-6-7-11-24(22)18-25)27(33)30-20(2)28(34)32-26-16-14-23(15-17-26)21-8-4-3-5-9-21/h3-20H,1-2H3,(H,30,33)(H,31,35)(H,32,34)/t19-,20-/m0/s1. The van der Waals surface area contributed by atoms with Crippen molar-refractivity contribution in [1.82, 2.24) is 10.6 Å². The Labute approximate surface area is 204 Å². The summed E-state index contributed by atoms with van der Waals surface area (Å²) >= 11 is 0. The molecule has 0 heterocycles. The van der Waals surface area contributed by atoms with E-state index in [1.54, 1.807) is 26.0 Å². The molecular formula is C29H27N3O3. The number of fused-ring (bicyclic) bond motifs is 1. The predicted octanol–water partition coefficient (Wildman–Crippen LogP) is 4.77. The number of hydrogen-bond donors (Lipinski definition) is 3. The van der Waals surface area contributed by atoms with Gasteiger partial charge in [0, 0.05) is 11.3 Å². The molecule has 4 aromatic carbocycles. The van der Waals surface area contributed by atoms with Gasteiger partial charge in [0.1, 0.15) is 12.1 Å². The Morgan fingerprint density at radius 2 is 1.20 bits per heavy atom. The lowest BCUT2D eigenvalue weighted by molar-refractivity contribution is -0.127. The topological polar surface area (TPSA) is 87.3 Å². The Morgan fingerprint density at radius 3 is 1.91 bits per heavy atom. The van der Waals surface area contributed by atoms with Crippen LogP contribution in [0.4, 0.5) is 5.69 Å². The van der Waals surface area contributed by atoms with Crippen molar-refractivity contribution >= 4 is 34.2 Å². The van der Waals surface area contributed by atoms with Gasteiger partial charge in [-0.15, -0.1) is 0 Å². The van der Waals surface area contributed by atoms with Crippen LogP contribution in [-0.4, -0.2) is 29.8 Å². The molecule has 0 aliphatic carbocycles. The van der Waals surface area contributed by atoms with Crippen LogP contribution >= 0.6 is 0 Å². The molecule has 0 spiro atoms.